The van der Waals surface area contributed by atoms with E-state index in [1.54, 1.807) is 18.9 Å². The molecule has 2 heterocycles. The molecule has 2 aliphatic rings. The molecular formula is C26H40N6O5. The van der Waals surface area contributed by atoms with Crippen LogP contribution in [0.25, 0.3) is 0 Å². The van der Waals surface area contributed by atoms with Gasteiger partial charge in [-0.3, -0.25) is 14.4 Å². The molecule has 11 nitrogen and oxygen atoms in total. The molecule has 0 unspecified atom stereocenters. The molecule has 11 heteroatoms. The number of rotatable bonds is 11. The van der Waals surface area contributed by atoms with E-state index in [-0.39, 0.29) is 23.8 Å². The minimum atomic E-state index is -0.822. The van der Waals surface area contributed by atoms with E-state index in [0.29, 0.717) is 45.2 Å². The number of nitrogens with zero attached hydrogens (tertiary/aromatic N) is 1. The molecular weight excluding hydrogens is 476 g/mol. The molecule has 2 aliphatic heterocycles. The number of amides is 5. The van der Waals surface area contributed by atoms with Gasteiger partial charge in [0.05, 0.1) is 13.2 Å². The first-order chi connectivity index (χ1) is 17.7. The van der Waals surface area contributed by atoms with Crippen molar-refractivity contribution < 1.29 is 23.9 Å². The Morgan fingerprint density at radius 1 is 1.08 bits per heavy atom. The second-order valence-electron chi connectivity index (χ2n) is 9.80. The highest BCUT2D eigenvalue weighted by Gasteiger charge is 2.47. The molecule has 2 fully saturated rings. The number of methoxy groups -OCH3 is 1. The third-order valence-corrected chi connectivity index (χ3v) is 7.43. The second kappa shape index (κ2) is 13.3. The molecule has 2 saturated heterocycles. The molecule has 37 heavy (non-hydrogen) atoms. The van der Waals surface area contributed by atoms with E-state index in [0.717, 1.165) is 24.2 Å². The van der Waals surface area contributed by atoms with Crippen LogP contribution in [0.1, 0.15) is 51.0 Å². The summed E-state index contributed by atoms with van der Waals surface area (Å²) in [5.41, 5.74) is 12.2. The van der Waals surface area contributed by atoms with Crippen LogP contribution in [0.2, 0.25) is 0 Å². The fourth-order valence-electron chi connectivity index (χ4n) is 5.25. The Kier molecular flexibility index (Phi) is 10.1. The van der Waals surface area contributed by atoms with Gasteiger partial charge in [-0.2, -0.15) is 0 Å². The summed E-state index contributed by atoms with van der Waals surface area (Å²) in [6, 6.07) is 4.82. The zero-order chi connectivity index (χ0) is 26.9. The van der Waals surface area contributed by atoms with Crippen molar-refractivity contribution in [3.05, 3.63) is 29.8 Å². The van der Waals surface area contributed by atoms with Crippen LogP contribution < -0.4 is 32.2 Å². The summed E-state index contributed by atoms with van der Waals surface area (Å²) in [6.07, 6.45) is 4.26. The topological polar surface area (TPSA) is 169 Å². The first-order valence-corrected chi connectivity index (χ1v) is 13.1. The van der Waals surface area contributed by atoms with Gasteiger partial charge in [0.1, 0.15) is 17.8 Å². The predicted octanol–water partition coefficient (Wildman–Crippen LogP) is 0.404. The Morgan fingerprint density at radius 3 is 2.43 bits per heavy atom. The summed E-state index contributed by atoms with van der Waals surface area (Å²) < 4.78 is 5.18. The lowest BCUT2D eigenvalue weighted by molar-refractivity contribution is -0.143. The van der Waals surface area contributed by atoms with Crippen LogP contribution in [0.3, 0.4) is 0 Å². The van der Waals surface area contributed by atoms with E-state index in [2.05, 4.69) is 16.0 Å². The molecule has 204 valence electrons. The maximum absolute atomic E-state index is 13.8. The van der Waals surface area contributed by atoms with Crippen molar-refractivity contribution in [1.29, 1.82) is 0 Å². The van der Waals surface area contributed by atoms with Crippen molar-refractivity contribution in [3.8, 4) is 5.75 Å². The van der Waals surface area contributed by atoms with E-state index in [4.69, 9.17) is 16.2 Å². The van der Waals surface area contributed by atoms with Gasteiger partial charge in [-0.25, -0.2) is 4.79 Å². The molecule has 7 N–H and O–H groups in total. The van der Waals surface area contributed by atoms with Crippen molar-refractivity contribution in [3.63, 3.8) is 0 Å². The van der Waals surface area contributed by atoms with Gasteiger partial charge in [-0.1, -0.05) is 19.1 Å². The van der Waals surface area contributed by atoms with E-state index in [1.807, 2.05) is 24.3 Å². The molecule has 0 radical (unpaired) electrons. The van der Waals surface area contributed by atoms with E-state index in [9.17, 15) is 19.2 Å². The molecule has 5 amide bonds. The van der Waals surface area contributed by atoms with Crippen LogP contribution in [-0.2, 0) is 20.8 Å². The average molecular weight is 517 g/mol. The molecule has 0 aliphatic carbocycles. The summed E-state index contributed by atoms with van der Waals surface area (Å²) in [6.45, 7) is 2.54. The number of carbonyl (C=O) groups excluding carboxylic acids is 4. The van der Waals surface area contributed by atoms with Crippen LogP contribution in [0, 0.1) is 5.92 Å². The van der Waals surface area contributed by atoms with Crippen LogP contribution in [0.15, 0.2) is 24.3 Å². The maximum atomic E-state index is 13.8. The highest BCUT2D eigenvalue weighted by molar-refractivity contribution is 5.94. The number of fused-ring (bicyclic) bond motifs is 1. The van der Waals surface area contributed by atoms with Crippen molar-refractivity contribution in [2.24, 2.45) is 17.4 Å². The average Bonchev–Trinajstić information content (AvgIpc) is 3.27. The first kappa shape index (κ1) is 28.2. The van der Waals surface area contributed by atoms with Crippen molar-refractivity contribution in [2.75, 3.05) is 20.2 Å². The Morgan fingerprint density at radius 2 is 1.78 bits per heavy atom. The molecule has 1 aromatic rings. The number of hydrogen-bond acceptors (Lipinski definition) is 6. The monoisotopic (exact) mass is 516 g/mol. The zero-order valence-corrected chi connectivity index (χ0v) is 21.7. The quantitative estimate of drug-likeness (QED) is 0.285. The summed E-state index contributed by atoms with van der Waals surface area (Å²) in [5.74, 6) is -0.289. The molecule has 0 aromatic heterocycles. The smallest absolute Gasteiger partial charge is 0.312 e. The lowest BCUT2D eigenvalue weighted by Gasteiger charge is -2.32. The Balaban J connectivity index is 1.68. The molecule has 0 saturated carbocycles. The lowest BCUT2D eigenvalue weighted by Crippen LogP contribution is -2.58. The third kappa shape index (κ3) is 7.34. The van der Waals surface area contributed by atoms with Crippen molar-refractivity contribution >= 4 is 23.8 Å². The zero-order valence-electron chi connectivity index (χ0n) is 21.7. The molecule has 0 spiro atoms. The summed E-state index contributed by atoms with van der Waals surface area (Å²) in [7, 11) is 1.61. The van der Waals surface area contributed by atoms with Gasteiger partial charge in [0.25, 0.3) is 0 Å². The number of nitrogens with two attached hydrogens (primary N) is 2. The van der Waals surface area contributed by atoms with Gasteiger partial charge in [0.2, 0.25) is 17.7 Å². The largest absolute Gasteiger partial charge is 0.497 e. The number of nitrogens with one attached hydrogen (secondary N) is 3. The lowest BCUT2D eigenvalue weighted by atomic mass is 9.90. The van der Waals surface area contributed by atoms with Crippen molar-refractivity contribution in [2.45, 2.75) is 76.0 Å². The van der Waals surface area contributed by atoms with Crippen LogP contribution in [-0.4, -0.2) is 73.0 Å². The number of hydrogen-bond donors (Lipinski definition) is 5. The first-order valence-electron chi connectivity index (χ1n) is 13.1. The fourth-order valence-corrected chi connectivity index (χ4v) is 5.25. The van der Waals surface area contributed by atoms with Crippen LogP contribution in [0.4, 0.5) is 4.79 Å². The number of ether oxygens (including phenoxy) is 1. The van der Waals surface area contributed by atoms with Gasteiger partial charge < -0.3 is 37.1 Å². The van der Waals surface area contributed by atoms with Crippen LogP contribution >= 0.6 is 0 Å². The molecule has 1 aromatic carbocycles. The number of primary amides is 1. The standard InChI is InChI=1S/C26H40N6O5/c1-3-20(27)23(33)31-22-17(13-15-30-26(28)36)6-7-18-8-11-21(32(18)25(22)35)24(34)29-14-12-16-4-9-19(37-2)10-5-16/h4-5,9-10,17-18,20-22H,3,6-8,11-15,27H2,1-2H3,(H,29,34)(H,31,33)(H3,28,30,36)/t17-,18+,20+,21+,22+/m1/s1. The van der Waals surface area contributed by atoms with E-state index < -0.39 is 30.1 Å². The van der Waals surface area contributed by atoms with Gasteiger partial charge in [-0.15, -0.1) is 0 Å². The summed E-state index contributed by atoms with van der Waals surface area (Å²) in [5, 5.41) is 8.40. The SMILES string of the molecule is CC[C@H](N)C(=O)N[C@@H]1C(=O)N2[C@@H](CC[C@@H]1CCNC(N)=O)CC[C@H]2C(=O)NCCc1ccc(OC)cc1. The highest BCUT2D eigenvalue weighted by atomic mass is 16.5. The molecule has 3 rings (SSSR count). The highest BCUT2D eigenvalue weighted by Crippen LogP contribution is 2.35. The minimum Gasteiger partial charge on any atom is -0.497 e. The Bertz CT molecular complexity index is 955. The minimum absolute atomic E-state index is 0.0711. The normalized spacial score (nSPS) is 24.0. The summed E-state index contributed by atoms with van der Waals surface area (Å²) >= 11 is 0. The molecule has 0 bridgehead atoms. The van der Waals surface area contributed by atoms with Gasteiger partial charge >= 0.3 is 6.03 Å². The third-order valence-electron chi connectivity index (χ3n) is 7.43. The predicted molar refractivity (Wildman–Crippen MR) is 138 cm³/mol. The number of benzene rings is 1. The van der Waals surface area contributed by atoms with E-state index >= 15 is 0 Å². The maximum Gasteiger partial charge on any atom is 0.312 e. The number of urea groups is 1. The Hall–Kier alpha value is -3.34. The fraction of sp³-hybridized carbons (Fsp3) is 0.615. The van der Waals surface area contributed by atoms with Gasteiger partial charge in [-0.05, 0) is 68.6 Å². The molecule has 5 atom stereocenters. The van der Waals surface area contributed by atoms with Gasteiger partial charge in [0.15, 0.2) is 0 Å². The van der Waals surface area contributed by atoms with Crippen molar-refractivity contribution in [1.82, 2.24) is 20.9 Å². The van der Waals surface area contributed by atoms with E-state index in [1.165, 1.54) is 0 Å². The Labute approximate surface area is 218 Å². The summed E-state index contributed by atoms with van der Waals surface area (Å²) in [4.78, 5) is 52.5. The number of carbonyl (C=O) groups is 4. The van der Waals surface area contributed by atoms with Crippen LogP contribution in [0.5, 0.6) is 5.75 Å². The van der Waals surface area contributed by atoms with Gasteiger partial charge in [0, 0.05) is 19.1 Å². The second-order valence-corrected chi connectivity index (χ2v) is 9.80.